The van der Waals surface area contributed by atoms with E-state index >= 15 is 0 Å². The Labute approximate surface area is 177 Å². The minimum Gasteiger partial charge on any atom is -0.304 e. The topological polar surface area (TPSA) is 90.0 Å². The second-order valence-electron chi connectivity index (χ2n) is 7.51. The van der Waals surface area contributed by atoms with Gasteiger partial charge >= 0.3 is 0 Å². The summed E-state index contributed by atoms with van der Waals surface area (Å²) >= 11 is 5.99. The highest BCUT2D eigenvalue weighted by Gasteiger charge is 2.21. The number of carbonyl (C=O) groups is 1. The number of rotatable bonds is 4. The standard InChI is InChI=1S/C21H20ClN7O/c1-13-10-19(27-28(13)16-4-2-3-5-16)26-20(30)18-11-17(14-6-8-15(22)9-7-14)25-21-23-12-24-29(18)21/h6-12,16H,2-5H2,1H3,(H,26,27,30). The highest BCUT2D eigenvalue weighted by atomic mass is 35.5. The molecule has 0 aliphatic heterocycles. The number of hydrogen-bond acceptors (Lipinski definition) is 5. The third kappa shape index (κ3) is 3.43. The molecule has 0 spiro atoms. The van der Waals surface area contributed by atoms with Crippen LogP contribution in [-0.2, 0) is 0 Å². The molecule has 3 heterocycles. The van der Waals surface area contributed by atoms with E-state index in [4.69, 9.17) is 11.6 Å². The minimum atomic E-state index is -0.320. The van der Waals surface area contributed by atoms with Gasteiger partial charge in [0.2, 0.25) is 0 Å². The average Bonchev–Trinajstić information content (AvgIpc) is 3.48. The maximum Gasteiger partial charge on any atom is 0.275 e. The van der Waals surface area contributed by atoms with Crippen molar-refractivity contribution in [2.24, 2.45) is 0 Å². The van der Waals surface area contributed by atoms with Crippen LogP contribution in [0.4, 0.5) is 5.82 Å². The zero-order valence-electron chi connectivity index (χ0n) is 16.4. The molecule has 0 atom stereocenters. The van der Waals surface area contributed by atoms with Gasteiger partial charge in [-0.3, -0.25) is 9.48 Å². The molecule has 9 heteroatoms. The number of anilines is 1. The average molecular weight is 422 g/mol. The van der Waals surface area contributed by atoms with Gasteiger partial charge in [-0.15, -0.1) is 0 Å². The van der Waals surface area contributed by atoms with Crippen molar-refractivity contribution in [3.8, 4) is 11.3 Å². The summed E-state index contributed by atoms with van der Waals surface area (Å²) in [6.07, 6.45) is 6.08. The first-order chi connectivity index (χ1) is 14.6. The van der Waals surface area contributed by atoms with E-state index in [1.165, 1.54) is 23.7 Å². The molecule has 1 amide bonds. The first kappa shape index (κ1) is 18.7. The van der Waals surface area contributed by atoms with Crippen molar-refractivity contribution in [2.45, 2.75) is 38.6 Å². The monoisotopic (exact) mass is 421 g/mol. The second kappa shape index (κ2) is 7.53. The molecular weight excluding hydrogens is 402 g/mol. The molecule has 152 valence electrons. The highest BCUT2D eigenvalue weighted by Crippen LogP contribution is 2.31. The molecule has 8 nitrogen and oxygen atoms in total. The molecule has 1 N–H and O–H groups in total. The van der Waals surface area contributed by atoms with E-state index < -0.39 is 0 Å². The van der Waals surface area contributed by atoms with Crippen molar-refractivity contribution >= 4 is 29.1 Å². The number of fused-ring (bicyclic) bond motifs is 1. The molecule has 0 saturated heterocycles. The van der Waals surface area contributed by atoms with Gasteiger partial charge in [-0.1, -0.05) is 36.6 Å². The highest BCUT2D eigenvalue weighted by molar-refractivity contribution is 6.30. The lowest BCUT2D eigenvalue weighted by Gasteiger charge is -2.11. The number of aryl methyl sites for hydroxylation is 1. The lowest BCUT2D eigenvalue weighted by molar-refractivity contribution is 0.101. The van der Waals surface area contributed by atoms with Gasteiger partial charge in [0.05, 0.1) is 11.7 Å². The van der Waals surface area contributed by atoms with Gasteiger partial charge in [0.1, 0.15) is 12.0 Å². The summed E-state index contributed by atoms with van der Waals surface area (Å²) in [4.78, 5) is 21.8. The SMILES string of the molecule is Cc1cc(NC(=O)c2cc(-c3ccc(Cl)cc3)nc3ncnn23)nn1C1CCCC1. The van der Waals surface area contributed by atoms with Gasteiger partial charge in [0, 0.05) is 22.3 Å². The number of aromatic nitrogens is 6. The first-order valence-corrected chi connectivity index (χ1v) is 10.3. The maximum atomic E-state index is 13.1. The van der Waals surface area contributed by atoms with Crippen LogP contribution in [0.5, 0.6) is 0 Å². The molecule has 1 fully saturated rings. The van der Waals surface area contributed by atoms with Crippen molar-refractivity contribution in [2.75, 3.05) is 5.32 Å². The summed E-state index contributed by atoms with van der Waals surface area (Å²) in [6, 6.07) is 11.3. The summed E-state index contributed by atoms with van der Waals surface area (Å²) in [7, 11) is 0. The Morgan fingerprint density at radius 2 is 1.93 bits per heavy atom. The number of hydrogen-bond donors (Lipinski definition) is 1. The molecular formula is C21H20ClN7O. The van der Waals surface area contributed by atoms with Crippen LogP contribution in [0.15, 0.2) is 42.7 Å². The van der Waals surface area contributed by atoms with E-state index in [-0.39, 0.29) is 5.91 Å². The number of nitrogens with one attached hydrogen (secondary N) is 1. The largest absolute Gasteiger partial charge is 0.304 e. The van der Waals surface area contributed by atoms with Crippen molar-refractivity contribution in [3.63, 3.8) is 0 Å². The molecule has 5 rings (SSSR count). The van der Waals surface area contributed by atoms with Crippen LogP contribution in [0.25, 0.3) is 17.0 Å². The lowest BCUT2D eigenvalue weighted by atomic mass is 10.1. The molecule has 1 aromatic carbocycles. The number of halogens is 1. The van der Waals surface area contributed by atoms with Crippen LogP contribution in [0.2, 0.25) is 5.02 Å². The zero-order valence-corrected chi connectivity index (χ0v) is 17.2. The molecule has 30 heavy (non-hydrogen) atoms. The Morgan fingerprint density at radius 3 is 2.70 bits per heavy atom. The summed E-state index contributed by atoms with van der Waals surface area (Å²) < 4.78 is 3.45. The number of amides is 1. The van der Waals surface area contributed by atoms with Crippen LogP contribution in [0.1, 0.15) is 47.9 Å². The Kier molecular flexibility index (Phi) is 4.71. The smallest absolute Gasteiger partial charge is 0.275 e. The third-order valence-corrected chi connectivity index (χ3v) is 5.71. The van der Waals surface area contributed by atoms with Gasteiger partial charge in [-0.25, -0.2) is 4.98 Å². The summed E-state index contributed by atoms with van der Waals surface area (Å²) in [5, 5.41) is 12.3. The van der Waals surface area contributed by atoms with E-state index in [0.717, 1.165) is 24.1 Å². The molecule has 4 aromatic rings. The van der Waals surface area contributed by atoms with Crippen molar-refractivity contribution in [3.05, 3.63) is 59.1 Å². The van der Waals surface area contributed by atoms with Crippen LogP contribution in [0, 0.1) is 6.92 Å². The quantitative estimate of drug-likeness (QED) is 0.530. The zero-order chi connectivity index (χ0) is 20.7. The van der Waals surface area contributed by atoms with Gasteiger partial charge in [-0.05, 0) is 38.0 Å². The van der Waals surface area contributed by atoms with Crippen LogP contribution in [-0.4, -0.2) is 35.3 Å². The van der Waals surface area contributed by atoms with Crippen LogP contribution >= 0.6 is 11.6 Å². The third-order valence-electron chi connectivity index (χ3n) is 5.46. The fraction of sp³-hybridized carbons (Fsp3) is 0.286. The van der Waals surface area contributed by atoms with Crippen LogP contribution in [0.3, 0.4) is 0 Å². The fourth-order valence-electron chi connectivity index (χ4n) is 3.99. The Morgan fingerprint density at radius 1 is 1.17 bits per heavy atom. The van der Waals surface area contributed by atoms with E-state index in [1.807, 2.05) is 29.8 Å². The number of benzene rings is 1. The van der Waals surface area contributed by atoms with Gasteiger partial charge in [0.15, 0.2) is 5.82 Å². The fourth-order valence-corrected chi connectivity index (χ4v) is 4.12. The molecule has 0 unspecified atom stereocenters. The predicted octanol–water partition coefficient (Wildman–Crippen LogP) is 4.32. The summed E-state index contributed by atoms with van der Waals surface area (Å²) in [5.74, 6) is 0.557. The Balaban J connectivity index is 1.48. The van der Waals surface area contributed by atoms with E-state index in [2.05, 4.69) is 25.5 Å². The molecule has 1 saturated carbocycles. The van der Waals surface area contributed by atoms with Gasteiger partial charge in [-0.2, -0.15) is 19.7 Å². The normalized spacial score (nSPS) is 14.5. The predicted molar refractivity (Wildman–Crippen MR) is 114 cm³/mol. The van der Waals surface area contributed by atoms with E-state index in [1.54, 1.807) is 18.2 Å². The summed E-state index contributed by atoms with van der Waals surface area (Å²) in [6.45, 7) is 2.02. The minimum absolute atomic E-state index is 0.320. The van der Waals surface area contributed by atoms with E-state index in [0.29, 0.717) is 34.0 Å². The Hall–Kier alpha value is -3.26. The molecule has 0 radical (unpaired) electrons. The van der Waals surface area contributed by atoms with Crippen molar-refractivity contribution in [1.29, 1.82) is 0 Å². The second-order valence-corrected chi connectivity index (χ2v) is 7.95. The maximum absolute atomic E-state index is 13.1. The number of carbonyl (C=O) groups excluding carboxylic acids is 1. The first-order valence-electron chi connectivity index (χ1n) is 9.93. The van der Waals surface area contributed by atoms with E-state index in [9.17, 15) is 4.79 Å². The van der Waals surface area contributed by atoms with Crippen molar-refractivity contribution < 1.29 is 4.79 Å². The lowest BCUT2D eigenvalue weighted by Crippen LogP contribution is -2.18. The molecule has 1 aliphatic rings. The van der Waals surface area contributed by atoms with Gasteiger partial charge < -0.3 is 5.32 Å². The molecule has 1 aliphatic carbocycles. The van der Waals surface area contributed by atoms with Gasteiger partial charge in [0.25, 0.3) is 11.7 Å². The molecule has 0 bridgehead atoms. The summed E-state index contributed by atoms with van der Waals surface area (Å²) in [5.41, 5.74) is 2.82. The molecule has 3 aromatic heterocycles. The van der Waals surface area contributed by atoms with Crippen molar-refractivity contribution in [1.82, 2.24) is 29.4 Å². The number of nitrogens with zero attached hydrogens (tertiary/aromatic N) is 6. The Bertz CT molecular complexity index is 1220. The van der Waals surface area contributed by atoms with Crippen LogP contribution < -0.4 is 5.32 Å².